The van der Waals surface area contributed by atoms with Gasteiger partial charge in [-0.15, -0.1) is 4.57 Å². The molecule has 2 aromatic carbocycles. The van der Waals surface area contributed by atoms with Gasteiger partial charge in [0.1, 0.15) is 6.04 Å². The molecule has 0 fully saturated rings. The number of rotatable bonds is 4. The summed E-state index contributed by atoms with van der Waals surface area (Å²) in [6.07, 6.45) is 0.819. The Balaban J connectivity index is 2.26. The van der Waals surface area contributed by atoms with E-state index in [1.165, 1.54) is 0 Å². The van der Waals surface area contributed by atoms with E-state index in [4.69, 9.17) is 0 Å². The minimum Gasteiger partial charge on any atom is -0.305 e. The molecule has 0 unspecified atom stereocenters. The van der Waals surface area contributed by atoms with Gasteiger partial charge in [0, 0.05) is 22.9 Å². The lowest BCUT2D eigenvalue weighted by molar-refractivity contribution is -0.519. The highest BCUT2D eigenvalue weighted by atomic mass is 16.2. The summed E-state index contributed by atoms with van der Waals surface area (Å²) < 4.78 is 1.87. The molecule has 118 valence electrons. The average molecular weight is 307 g/mol. The Hall–Kier alpha value is -2.26. The van der Waals surface area contributed by atoms with Crippen LogP contribution in [0.3, 0.4) is 0 Å². The lowest BCUT2D eigenvalue weighted by Crippen LogP contribution is -2.54. The van der Waals surface area contributed by atoms with E-state index < -0.39 is 0 Å². The van der Waals surface area contributed by atoms with Gasteiger partial charge < -0.3 is 5.32 Å². The summed E-state index contributed by atoms with van der Waals surface area (Å²) in [6.45, 7) is 4.28. The van der Waals surface area contributed by atoms with Gasteiger partial charge in [-0.3, -0.25) is 0 Å². The molecule has 3 nitrogen and oxygen atoms in total. The minimum atomic E-state index is -0.186. The number of likely N-dealkylation sites (N-methyl/N-ethyl adjacent to an activating group) is 1. The van der Waals surface area contributed by atoms with Crippen LogP contribution < -0.4 is 9.88 Å². The average Bonchev–Trinajstić information content (AvgIpc) is 2.56. The molecule has 0 amide bonds. The smallest absolute Gasteiger partial charge is 0.305 e. The van der Waals surface area contributed by atoms with E-state index in [9.17, 15) is 4.79 Å². The van der Waals surface area contributed by atoms with Crippen molar-refractivity contribution in [1.82, 2.24) is 5.32 Å². The van der Waals surface area contributed by atoms with Crippen molar-refractivity contribution >= 4 is 27.7 Å². The van der Waals surface area contributed by atoms with E-state index in [1.807, 2.05) is 48.0 Å². The summed E-state index contributed by atoms with van der Waals surface area (Å²) >= 11 is 0. The molecular weight excluding hydrogens is 284 g/mol. The van der Waals surface area contributed by atoms with E-state index in [1.54, 1.807) is 0 Å². The van der Waals surface area contributed by atoms with Crippen molar-refractivity contribution in [2.75, 3.05) is 7.05 Å². The molecule has 0 saturated heterocycles. The molecule has 0 radical (unpaired) electrons. The molecule has 0 bridgehead atoms. The van der Waals surface area contributed by atoms with Gasteiger partial charge in [-0.2, -0.15) is 0 Å². The van der Waals surface area contributed by atoms with Gasteiger partial charge >= 0.3 is 5.91 Å². The maximum Gasteiger partial charge on any atom is 0.410 e. The van der Waals surface area contributed by atoms with Gasteiger partial charge in [0.05, 0.1) is 0 Å². The van der Waals surface area contributed by atoms with Crippen LogP contribution in [0.1, 0.15) is 25.1 Å². The number of benzene rings is 2. The quantitative estimate of drug-likeness (QED) is 0.590. The highest BCUT2D eigenvalue weighted by Crippen LogP contribution is 2.18. The minimum absolute atomic E-state index is 0.106. The summed E-state index contributed by atoms with van der Waals surface area (Å²) in [5, 5.41) is 5.36. The predicted molar refractivity (Wildman–Crippen MR) is 94.6 cm³/mol. The summed E-state index contributed by atoms with van der Waals surface area (Å²) in [4.78, 5) is 13.2. The molecule has 3 rings (SSSR count). The van der Waals surface area contributed by atoms with E-state index in [2.05, 4.69) is 37.4 Å². The number of nitrogens with one attached hydrogen (secondary N) is 1. The second-order valence-electron chi connectivity index (χ2n) is 6.41. The Morgan fingerprint density at radius 1 is 1.00 bits per heavy atom. The molecular formula is C20H23N2O+. The Kier molecular flexibility index (Phi) is 4.39. The molecule has 0 spiro atoms. The highest BCUT2D eigenvalue weighted by molar-refractivity contribution is 5.93. The number of fused-ring (bicyclic) bond motifs is 2. The third kappa shape index (κ3) is 2.97. The Labute approximate surface area is 136 Å². The van der Waals surface area contributed by atoms with Gasteiger partial charge in [-0.05, 0) is 37.6 Å². The van der Waals surface area contributed by atoms with Crippen LogP contribution in [-0.4, -0.2) is 19.0 Å². The summed E-state index contributed by atoms with van der Waals surface area (Å²) in [6, 6.07) is 18.1. The maximum absolute atomic E-state index is 13.2. The van der Waals surface area contributed by atoms with Crippen molar-refractivity contribution in [3.8, 4) is 0 Å². The van der Waals surface area contributed by atoms with E-state index >= 15 is 0 Å². The zero-order chi connectivity index (χ0) is 16.4. The van der Waals surface area contributed by atoms with Crippen molar-refractivity contribution in [3.63, 3.8) is 0 Å². The van der Waals surface area contributed by atoms with Gasteiger partial charge in [-0.25, -0.2) is 4.79 Å². The summed E-state index contributed by atoms with van der Waals surface area (Å²) in [5.41, 5.74) is 1.92. The predicted octanol–water partition coefficient (Wildman–Crippen LogP) is 3.55. The fourth-order valence-electron chi connectivity index (χ4n) is 3.13. The van der Waals surface area contributed by atoms with Crippen LogP contribution >= 0.6 is 0 Å². The van der Waals surface area contributed by atoms with Crippen LogP contribution in [0.15, 0.2) is 54.6 Å². The van der Waals surface area contributed by atoms with Crippen LogP contribution in [0.25, 0.3) is 21.8 Å². The summed E-state index contributed by atoms with van der Waals surface area (Å²) in [7, 11) is 1.86. The molecule has 0 aliphatic heterocycles. The molecule has 1 atom stereocenters. The van der Waals surface area contributed by atoms with E-state index in [0.29, 0.717) is 5.92 Å². The normalized spacial score (nSPS) is 12.9. The standard InChI is InChI=1S/C20H23N2O/c1-14(2)12-17(21-3)20(23)22-18-10-6-4-8-15(18)13-16-9-5-7-11-19(16)22/h4-11,13-14,17,21H,12H2,1-3H3/q+1/t17-/m0/s1. The van der Waals surface area contributed by atoms with Crippen molar-refractivity contribution in [1.29, 1.82) is 0 Å². The van der Waals surface area contributed by atoms with E-state index in [0.717, 1.165) is 28.2 Å². The SMILES string of the molecule is CN[C@@H](CC(C)C)C(=O)[n+]1c2ccccc2cc2ccccc21. The molecule has 1 N–H and O–H groups in total. The number of pyridine rings is 1. The number of aromatic nitrogens is 1. The first kappa shape index (κ1) is 15.6. The Bertz CT molecular complexity index is 801. The lowest BCUT2D eigenvalue weighted by Gasteiger charge is -2.14. The van der Waals surface area contributed by atoms with Crippen LogP contribution in [0.4, 0.5) is 0 Å². The molecule has 3 heteroatoms. The zero-order valence-corrected chi connectivity index (χ0v) is 13.9. The van der Waals surface area contributed by atoms with Gasteiger partial charge in [0.15, 0.2) is 0 Å². The van der Waals surface area contributed by atoms with Crippen molar-refractivity contribution in [3.05, 3.63) is 54.6 Å². The highest BCUT2D eigenvalue weighted by Gasteiger charge is 2.30. The lowest BCUT2D eigenvalue weighted by atomic mass is 10.0. The van der Waals surface area contributed by atoms with Crippen LogP contribution in [-0.2, 0) is 0 Å². The van der Waals surface area contributed by atoms with Gasteiger partial charge in [0.25, 0.3) is 0 Å². The third-order valence-corrected chi connectivity index (χ3v) is 4.24. The van der Waals surface area contributed by atoms with Crippen molar-refractivity contribution < 1.29 is 9.36 Å². The molecule has 23 heavy (non-hydrogen) atoms. The fourth-order valence-corrected chi connectivity index (χ4v) is 3.13. The number of carbonyl (C=O) groups is 1. The van der Waals surface area contributed by atoms with E-state index in [-0.39, 0.29) is 11.9 Å². The topological polar surface area (TPSA) is 33.0 Å². The third-order valence-electron chi connectivity index (χ3n) is 4.24. The Morgan fingerprint density at radius 2 is 1.52 bits per heavy atom. The largest absolute Gasteiger partial charge is 0.410 e. The van der Waals surface area contributed by atoms with Gasteiger partial charge in [-0.1, -0.05) is 38.1 Å². The van der Waals surface area contributed by atoms with Crippen LogP contribution in [0, 0.1) is 5.92 Å². The monoisotopic (exact) mass is 307 g/mol. The number of carbonyl (C=O) groups excluding carboxylic acids is 1. The van der Waals surface area contributed by atoms with Crippen LogP contribution in [0.5, 0.6) is 0 Å². The first-order valence-electron chi connectivity index (χ1n) is 8.16. The molecule has 0 aliphatic rings. The fraction of sp³-hybridized carbons (Fsp3) is 0.300. The van der Waals surface area contributed by atoms with Crippen LogP contribution in [0.2, 0.25) is 0 Å². The summed E-state index contributed by atoms with van der Waals surface area (Å²) in [5.74, 6) is 0.562. The number of nitrogens with zero attached hydrogens (tertiary/aromatic N) is 1. The number of para-hydroxylation sites is 2. The zero-order valence-electron chi connectivity index (χ0n) is 13.9. The second-order valence-corrected chi connectivity index (χ2v) is 6.41. The molecule has 0 aliphatic carbocycles. The first-order chi connectivity index (χ1) is 11.1. The molecule has 0 saturated carbocycles. The van der Waals surface area contributed by atoms with Crippen molar-refractivity contribution in [2.24, 2.45) is 5.92 Å². The molecule has 3 aromatic rings. The molecule has 1 heterocycles. The first-order valence-corrected chi connectivity index (χ1v) is 8.16. The van der Waals surface area contributed by atoms with Crippen molar-refractivity contribution in [2.45, 2.75) is 26.3 Å². The number of hydrogen-bond donors (Lipinski definition) is 1. The number of hydrogen-bond acceptors (Lipinski definition) is 2. The molecule has 1 aromatic heterocycles. The second kappa shape index (κ2) is 6.47. The maximum atomic E-state index is 13.2. The Morgan fingerprint density at radius 3 is 2.00 bits per heavy atom. The van der Waals surface area contributed by atoms with Gasteiger partial charge in [0.2, 0.25) is 11.0 Å².